The van der Waals surface area contributed by atoms with E-state index in [9.17, 15) is 0 Å². The number of benzene rings is 12. The Bertz CT molecular complexity index is 6680. The third kappa shape index (κ3) is 35.2. The van der Waals surface area contributed by atoms with Crippen LogP contribution in [0.1, 0.15) is 122 Å². The van der Waals surface area contributed by atoms with Crippen molar-refractivity contribution in [1.29, 1.82) is 0 Å². The summed E-state index contributed by atoms with van der Waals surface area (Å²) in [6, 6.07) is 159. The zero-order valence-electron chi connectivity index (χ0n) is 83.6. The summed E-state index contributed by atoms with van der Waals surface area (Å²) in [5.74, 6) is 0. The molecule has 0 unspecified atom stereocenters. The predicted octanol–water partition coefficient (Wildman–Crippen LogP) is 33.2. The molecule has 726 valence electrons. The molecule has 0 atom stereocenters. The molecule has 0 fully saturated rings. The van der Waals surface area contributed by atoms with Crippen LogP contribution in [0.5, 0.6) is 0 Å². The number of nitrogens with zero attached hydrogens (tertiary/aromatic N) is 8. The van der Waals surface area contributed by atoms with E-state index in [2.05, 4.69) is 368 Å². The van der Waals surface area contributed by atoms with Gasteiger partial charge in [-0.15, -0.1) is 285 Å². The van der Waals surface area contributed by atoms with Crippen LogP contribution in [-0.4, -0.2) is 39.9 Å². The Kier molecular flexibility index (Phi) is 44.5. The SMILES string of the molecule is CC(C)(C)c1ccc(-c2[c-]ccc(-c3ccccc3)c2)nc1.Cc1ccnc(-c2[c-]ccc(-c3ccc(C(C)(C)C)cc3)c2)c1.Cc1ccnc(-c2[c-]ccc(-c3cccc(C(C)(C)C)c3)c2)c1.Cc1ccnc(-c2[c-]ccc(-c3ccccc3C(C)(C)C)c2)c1.[Ir].[Ir].[Ir].[Ir].[c-]1ccccc1-c1ccccn1.[c-]1ccccc1-c1ccccn1.[c-]1ccccc1-c1ccccn1.[c-]1ccccc1-c1ccccn1. The Morgan fingerprint density at radius 2 is 0.469 bits per heavy atom. The Morgan fingerprint density at radius 1 is 0.175 bits per heavy atom. The molecular formula is C131H118Ir4N8-8. The van der Waals surface area contributed by atoms with Crippen molar-refractivity contribution < 1.29 is 80.4 Å². The molecule has 4 radical (unpaired) electrons. The molecule has 143 heavy (non-hydrogen) atoms. The van der Waals surface area contributed by atoms with Gasteiger partial charge in [-0.1, -0.05) is 282 Å². The number of aryl methyl sites for hydroxylation is 3. The van der Waals surface area contributed by atoms with Crippen molar-refractivity contribution in [3.05, 3.63) is 531 Å². The minimum absolute atomic E-state index is 0. The monoisotopic (exact) mass is 2570 g/mol. The molecule has 0 aliphatic carbocycles. The predicted molar refractivity (Wildman–Crippen MR) is 579 cm³/mol. The maximum Gasteiger partial charge on any atom is 0.0198 e. The minimum Gasteiger partial charge on any atom is -0.305 e. The maximum atomic E-state index is 4.62. The Morgan fingerprint density at radius 3 is 0.804 bits per heavy atom. The molecule has 12 aromatic carbocycles. The largest absolute Gasteiger partial charge is 0.305 e. The van der Waals surface area contributed by atoms with Gasteiger partial charge in [-0.2, -0.15) is 0 Å². The van der Waals surface area contributed by atoms with E-state index >= 15 is 0 Å². The smallest absolute Gasteiger partial charge is 0.0198 e. The van der Waals surface area contributed by atoms with E-state index in [0.29, 0.717) is 0 Å². The molecule has 0 saturated carbocycles. The first-order valence-corrected chi connectivity index (χ1v) is 46.9. The van der Waals surface area contributed by atoms with Crippen LogP contribution in [0.4, 0.5) is 0 Å². The van der Waals surface area contributed by atoms with E-state index in [1.807, 2.05) is 243 Å². The molecule has 8 nitrogen and oxygen atoms in total. The van der Waals surface area contributed by atoms with Crippen molar-refractivity contribution in [1.82, 2.24) is 39.9 Å². The fourth-order valence-corrected chi connectivity index (χ4v) is 14.9. The van der Waals surface area contributed by atoms with Gasteiger partial charge in [0, 0.05) is 130 Å². The molecule has 0 bridgehead atoms. The quantitative estimate of drug-likeness (QED) is 0.111. The topological polar surface area (TPSA) is 103 Å². The number of pyridine rings is 8. The number of hydrogen-bond donors (Lipinski definition) is 0. The van der Waals surface area contributed by atoms with Gasteiger partial charge in [0.2, 0.25) is 0 Å². The van der Waals surface area contributed by atoms with Gasteiger partial charge in [-0.25, -0.2) is 0 Å². The van der Waals surface area contributed by atoms with Gasteiger partial charge in [0.25, 0.3) is 0 Å². The third-order valence-corrected chi connectivity index (χ3v) is 22.6. The molecule has 20 aromatic rings. The van der Waals surface area contributed by atoms with Gasteiger partial charge >= 0.3 is 0 Å². The van der Waals surface area contributed by atoms with Gasteiger partial charge in [-0.05, 0) is 175 Å². The second-order valence-corrected chi connectivity index (χ2v) is 37.6. The summed E-state index contributed by atoms with van der Waals surface area (Å²) in [5.41, 5.74) is 35.3. The van der Waals surface area contributed by atoms with E-state index < -0.39 is 0 Å². The fraction of sp³-hybridized carbons (Fsp3) is 0.145. The van der Waals surface area contributed by atoms with E-state index in [0.717, 1.165) is 90.1 Å². The van der Waals surface area contributed by atoms with E-state index in [4.69, 9.17) is 0 Å². The molecule has 0 saturated heterocycles. The van der Waals surface area contributed by atoms with Crippen LogP contribution in [0, 0.1) is 69.3 Å². The molecule has 12 heteroatoms. The first kappa shape index (κ1) is 113. The molecule has 0 N–H and O–H groups in total. The summed E-state index contributed by atoms with van der Waals surface area (Å²) < 4.78 is 0. The van der Waals surface area contributed by atoms with Gasteiger partial charge in [0.1, 0.15) is 0 Å². The van der Waals surface area contributed by atoms with Gasteiger partial charge < -0.3 is 39.9 Å². The second kappa shape index (κ2) is 56.3. The summed E-state index contributed by atoms with van der Waals surface area (Å²) in [5, 5.41) is 0. The third-order valence-electron chi connectivity index (χ3n) is 22.6. The van der Waals surface area contributed by atoms with E-state index in [1.165, 1.54) is 83.5 Å². The summed E-state index contributed by atoms with van der Waals surface area (Å²) in [6.45, 7) is 33.1. The number of hydrogen-bond acceptors (Lipinski definition) is 8. The molecule has 0 amide bonds. The molecule has 8 aromatic heterocycles. The average Bonchev–Trinajstić information content (AvgIpc) is 0.800. The Balaban J connectivity index is 0.000000184. The first-order valence-electron chi connectivity index (χ1n) is 46.9. The summed E-state index contributed by atoms with van der Waals surface area (Å²) in [7, 11) is 0. The fourth-order valence-electron chi connectivity index (χ4n) is 14.9. The van der Waals surface area contributed by atoms with Crippen LogP contribution in [0.15, 0.2) is 444 Å². The van der Waals surface area contributed by atoms with E-state index in [-0.39, 0.29) is 102 Å². The molecule has 8 heterocycles. The second-order valence-electron chi connectivity index (χ2n) is 37.6. The standard InChI is InChI=1S/3C22H22N.C21H20N.4C11H8N.4Ir/c1-16-11-12-23-21(13-16)19-9-5-7-17(14-19)18-8-6-10-20(15-18)22(2,3)4;1-16-12-13-23-21(14-16)18-9-7-8-17(15-18)19-10-5-6-11-20(19)22(2,3)4;1-16-12-13-23-21(14-16)19-7-5-6-18(15-19)17-8-10-20(11-9-17)22(2,3)4;1-21(2,3)19-12-13-20(22-15-19)18-11-7-10-17(14-18)16-8-5-4-6-9-16;4*1-2-6-10(7-3-1)11-8-4-5-9-12-11;;;;/h2*5-8,10-15H,1-4H3;5-6,8-15H,1-4H3;4-10,12-15H,1-3H3;4*1-6,8-9H;;;;/q8*-1;;;;. The summed E-state index contributed by atoms with van der Waals surface area (Å²) in [6.07, 6.45) is 14.7. The summed E-state index contributed by atoms with van der Waals surface area (Å²) in [4.78, 5) is 34.9. The molecule has 0 spiro atoms. The van der Waals surface area contributed by atoms with Crippen molar-refractivity contribution in [2.75, 3.05) is 0 Å². The van der Waals surface area contributed by atoms with Gasteiger partial charge in [0.05, 0.1) is 0 Å². The minimum atomic E-state index is 0. The van der Waals surface area contributed by atoms with Crippen molar-refractivity contribution in [2.24, 2.45) is 0 Å². The Hall–Kier alpha value is -13.6. The maximum absolute atomic E-state index is 4.62. The zero-order valence-corrected chi connectivity index (χ0v) is 93.1. The van der Waals surface area contributed by atoms with Crippen LogP contribution >= 0.6 is 0 Å². The summed E-state index contributed by atoms with van der Waals surface area (Å²) >= 11 is 0. The van der Waals surface area contributed by atoms with Crippen LogP contribution < -0.4 is 0 Å². The molecular weight excluding hydrogens is 2450 g/mol. The number of rotatable bonds is 12. The van der Waals surface area contributed by atoms with Crippen molar-refractivity contribution in [3.8, 4) is 135 Å². The zero-order chi connectivity index (χ0) is 97.8. The van der Waals surface area contributed by atoms with Crippen molar-refractivity contribution in [2.45, 2.75) is 126 Å². The van der Waals surface area contributed by atoms with Crippen molar-refractivity contribution >= 4 is 0 Å². The van der Waals surface area contributed by atoms with Gasteiger partial charge in [0.15, 0.2) is 0 Å². The van der Waals surface area contributed by atoms with Crippen molar-refractivity contribution in [3.63, 3.8) is 0 Å². The van der Waals surface area contributed by atoms with E-state index in [1.54, 1.807) is 24.8 Å². The van der Waals surface area contributed by atoms with Gasteiger partial charge in [-0.3, -0.25) is 0 Å². The van der Waals surface area contributed by atoms with Crippen LogP contribution in [0.2, 0.25) is 0 Å². The van der Waals surface area contributed by atoms with Crippen LogP contribution in [-0.2, 0) is 102 Å². The normalized spacial score (nSPS) is 10.5. The Labute approximate surface area is 903 Å². The van der Waals surface area contributed by atoms with Crippen LogP contribution in [0.25, 0.3) is 135 Å². The molecule has 0 aliphatic rings. The molecule has 20 rings (SSSR count). The molecule has 0 aliphatic heterocycles. The number of aromatic nitrogens is 8. The first-order chi connectivity index (χ1) is 67.2. The van der Waals surface area contributed by atoms with Crippen LogP contribution in [0.3, 0.4) is 0 Å². The average molecular weight is 2570 g/mol.